The Morgan fingerprint density at radius 2 is 1.88 bits per heavy atom. The summed E-state index contributed by atoms with van der Waals surface area (Å²) in [6.07, 6.45) is 9.01. The number of fused-ring (bicyclic) bond motifs is 2. The summed E-state index contributed by atoms with van der Waals surface area (Å²) in [6, 6.07) is 13.3. The van der Waals surface area contributed by atoms with E-state index in [4.69, 9.17) is 4.98 Å². The molecule has 2 saturated heterocycles. The maximum atomic E-state index is 9.53. The number of pyridine rings is 2. The van der Waals surface area contributed by atoms with Crippen LogP contribution in [0.25, 0.3) is 10.9 Å². The molecule has 34 heavy (non-hydrogen) atoms. The number of nitriles is 1. The van der Waals surface area contributed by atoms with Crippen molar-refractivity contribution in [2.45, 2.75) is 51.7 Å². The molecule has 0 bridgehead atoms. The van der Waals surface area contributed by atoms with Gasteiger partial charge in [0, 0.05) is 62.6 Å². The fourth-order valence-electron chi connectivity index (χ4n) is 6.16. The SMILES string of the molecule is C[C@H]1C[C@@H](N2Cc3cc(N4CCCCC4)cnc3C2)CN(c2ccc(C#N)c3ncccc23)C1. The minimum atomic E-state index is 0.485. The second-order valence-electron chi connectivity index (χ2n) is 10.3. The highest BCUT2D eigenvalue weighted by Gasteiger charge is 2.34. The van der Waals surface area contributed by atoms with Crippen molar-refractivity contribution in [3.8, 4) is 6.07 Å². The highest BCUT2D eigenvalue weighted by atomic mass is 15.3. The van der Waals surface area contributed by atoms with E-state index in [2.05, 4.69) is 57.1 Å². The van der Waals surface area contributed by atoms with Crippen LogP contribution in [0.15, 0.2) is 42.7 Å². The molecule has 3 aliphatic rings. The van der Waals surface area contributed by atoms with Gasteiger partial charge in [-0.05, 0) is 67.5 Å². The summed E-state index contributed by atoms with van der Waals surface area (Å²) in [6.45, 7) is 8.64. The van der Waals surface area contributed by atoms with Gasteiger partial charge in [-0.2, -0.15) is 5.26 Å². The lowest BCUT2D eigenvalue weighted by Crippen LogP contribution is -2.49. The molecule has 6 heteroatoms. The monoisotopic (exact) mass is 452 g/mol. The van der Waals surface area contributed by atoms with E-state index in [-0.39, 0.29) is 0 Å². The summed E-state index contributed by atoms with van der Waals surface area (Å²) in [5, 5.41) is 10.6. The van der Waals surface area contributed by atoms with Crippen molar-refractivity contribution in [1.29, 1.82) is 5.26 Å². The van der Waals surface area contributed by atoms with Gasteiger partial charge in [0.2, 0.25) is 0 Å². The van der Waals surface area contributed by atoms with Crippen LogP contribution in [0.1, 0.15) is 49.4 Å². The molecule has 0 amide bonds. The van der Waals surface area contributed by atoms with Crippen LogP contribution in [0.3, 0.4) is 0 Å². The molecule has 0 radical (unpaired) electrons. The molecular weight excluding hydrogens is 420 g/mol. The van der Waals surface area contributed by atoms with Gasteiger partial charge in [-0.25, -0.2) is 0 Å². The summed E-state index contributed by atoms with van der Waals surface area (Å²) in [5.74, 6) is 0.599. The lowest BCUT2D eigenvalue weighted by Gasteiger charge is -2.42. The third kappa shape index (κ3) is 3.88. The quantitative estimate of drug-likeness (QED) is 0.573. The number of piperidine rings is 2. The zero-order valence-electron chi connectivity index (χ0n) is 20.0. The van der Waals surface area contributed by atoms with E-state index >= 15 is 0 Å². The first kappa shape index (κ1) is 21.4. The topological polar surface area (TPSA) is 59.3 Å². The minimum Gasteiger partial charge on any atom is -0.370 e. The first-order chi connectivity index (χ1) is 16.7. The average molecular weight is 453 g/mol. The smallest absolute Gasteiger partial charge is 0.101 e. The van der Waals surface area contributed by atoms with Crippen LogP contribution < -0.4 is 9.80 Å². The summed E-state index contributed by atoms with van der Waals surface area (Å²) in [4.78, 5) is 17.1. The molecule has 5 heterocycles. The Kier molecular flexibility index (Phi) is 5.58. The normalized spacial score (nSPS) is 23.2. The second kappa shape index (κ2) is 8.88. The third-order valence-corrected chi connectivity index (χ3v) is 7.85. The largest absolute Gasteiger partial charge is 0.370 e. The van der Waals surface area contributed by atoms with Crippen LogP contribution in [0.2, 0.25) is 0 Å². The van der Waals surface area contributed by atoms with Gasteiger partial charge in [0.1, 0.15) is 6.07 Å². The van der Waals surface area contributed by atoms with E-state index in [1.54, 1.807) is 6.20 Å². The fraction of sp³-hybridized carbons (Fsp3) is 0.464. The molecule has 0 saturated carbocycles. The molecule has 0 unspecified atom stereocenters. The Labute approximate surface area is 201 Å². The minimum absolute atomic E-state index is 0.485. The zero-order valence-corrected chi connectivity index (χ0v) is 20.0. The first-order valence-corrected chi connectivity index (χ1v) is 12.7. The van der Waals surface area contributed by atoms with Crippen LogP contribution in [-0.2, 0) is 13.1 Å². The number of anilines is 2. The van der Waals surface area contributed by atoms with Gasteiger partial charge >= 0.3 is 0 Å². The molecule has 1 aromatic carbocycles. The summed E-state index contributed by atoms with van der Waals surface area (Å²) in [5.41, 5.74) is 6.60. The van der Waals surface area contributed by atoms with Gasteiger partial charge in [0.05, 0.1) is 28.7 Å². The number of benzene rings is 1. The highest BCUT2D eigenvalue weighted by Crippen LogP contribution is 2.35. The number of aromatic nitrogens is 2. The molecular formula is C28H32N6. The summed E-state index contributed by atoms with van der Waals surface area (Å²) < 4.78 is 0. The molecule has 2 atom stereocenters. The standard InChI is InChI=1S/C28H32N6/c1-20-12-24(18-34(16-20)27-8-7-21(14-29)28-25(27)6-5-9-30-28)33-17-22-13-23(15-31-26(22)19-33)32-10-3-2-4-11-32/h5-9,13,15,20,24H,2-4,10-12,16-19H2,1H3/t20-,24+/m0/s1. The molecule has 6 nitrogen and oxygen atoms in total. The number of hydrogen-bond acceptors (Lipinski definition) is 6. The molecule has 0 spiro atoms. The lowest BCUT2D eigenvalue weighted by atomic mass is 9.93. The maximum absolute atomic E-state index is 9.53. The lowest BCUT2D eigenvalue weighted by molar-refractivity contribution is 0.157. The Morgan fingerprint density at radius 1 is 1.00 bits per heavy atom. The Morgan fingerprint density at radius 3 is 2.74 bits per heavy atom. The average Bonchev–Trinajstić information content (AvgIpc) is 3.32. The summed E-state index contributed by atoms with van der Waals surface area (Å²) >= 11 is 0. The van der Waals surface area contributed by atoms with E-state index in [0.29, 0.717) is 17.5 Å². The van der Waals surface area contributed by atoms with E-state index < -0.39 is 0 Å². The van der Waals surface area contributed by atoms with Crippen LogP contribution in [0.4, 0.5) is 11.4 Å². The second-order valence-corrected chi connectivity index (χ2v) is 10.3. The number of rotatable bonds is 3. The Bertz CT molecular complexity index is 1240. The highest BCUT2D eigenvalue weighted by molar-refractivity contribution is 5.95. The van der Waals surface area contributed by atoms with Gasteiger partial charge in [-0.3, -0.25) is 14.9 Å². The molecule has 174 valence electrons. The first-order valence-electron chi connectivity index (χ1n) is 12.7. The van der Waals surface area contributed by atoms with Crippen LogP contribution in [0.5, 0.6) is 0 Å². The number of nitrogens with zero attached hydrogens (tertiary/aromatic N) is 6. The summed E-state index contributed by atoms with van der Waals surface area (Å²) in [7, 11) is 0. The van der Waals surface area contributed by atoms with Crippen molar-refractivity contribution in [3.63, 3.8) is 0 Å². The molecule has 0 N–H and O–H groups in total. The molecule has 2 aromatic heterocycles. The molecule has 3 aliphatic heterocycles. The van der Waals surface area contributed by atoms with Crippen molar-refractivity contribution >= 4 is 22.3 Å². The number of hydrogen-bond donors (Lipinski definition) is 0. The third-order valence-electron chi connectivity index (χ3n) is 7.85. The van der Waals surface area contributed by atoms with Gasteiger partial charge in [-0.15, -0.1) is 0 Å². The van der Waals surface area contributed by atoms with Gasteiger partial charge in [0.15, 0.2) is 0 Å². The van der Waals surface area contributed by atoms with Gasteiger partial charge < -0.3 is 9.80 Å². The van der Waals surface area contributed by atoms with Crippen molar-refractivity contribution < 1.29 is 0 Å². The maximum Gasteiger partial charge on any atom is 0.101 e. The predicted octanol–water partition coefficient (Wildman–Crippen LogP) is 4.72. The molecule has 0 aliphatic carbocycles. The van der Waals surface area contributed by atoms with E-state index in [1.807, 2.05) is 12.1 Å². The van der Waals surface area contributed by atoms with E-state index in [0.717, 1.165) is 50.2 Å². The van der Waals surface area contributed by atoms with Crippen molar-refractivity contribution in [2.75, 3.05) is 36.0 Å². The molecule has 3 aromatic rings. The molecule has 2 fully saturated rings. The predicted molar refractivity (Wildman–Crippen MR) is 136 cm³/mol. The van der Waals surface area contributed by atoms with Crippen molar-refractivity contribution in [3.05, 3.63) is 59.5 Å². The van der Waals surface area contributed by atoms with Gasteiger partial charge in [0.25, 0.3) is 0 Å². The van der Waals surface area contributed by atoms with Crippen LogP contribution >= 0.6 is 0 Å². The van der Waals surface area contributed by atoms with Crippen molar-refractivity contribution in [2.24, 2.45) is 5.92 Å². The van der Waals surface area contributed by atoms with Crippen molar-refractivity contribution in [1.82, 2.24) is 14.9 Å². The van der Waals surface area contributed by atoms with Gasteiger partial charge in [-0.1, -0.05) is 6.92 Å². The molecule has 6 rings (SSSR count). The van der Waals surface area contributed by atoms with E-state index in [9.17, 15) is 5.26 Å². The fourth-order valence-corrected chi connectivity index (χ4v) is 6.16. The van der Waals surface area contributed by atoms with Crippen LogP contribution in [0, 0.1) is 17.2 Å². The zero-order chi connectivity index (χ0) is 23.1. The Balaban J connectivity index is 1.23. The Hall–Kier alpha value is -3.17. The van der Waals surface area contributed by atoms with Crippen LogP contribution in [-0.4, -0.2) is 47.1 Å². The van der Waals surface area contributed by atoms with E-state index in [1.165, 1.54) is 48.3 Å².